The van der Waals surface area contributed by atoms with Crippen LogP contribution in [-0.4, -0.2) is 40.9 Å². The van der Waals surface area contributed by atoms with Gasteiger partial charge in [0.1, 0.15) is 0 Å². The van der Waals surface area contributed by atoms with Gasteiger partial charge in [-0.3, -0.25) is 9.35 Å². The molecule has 1 fully saturated rings. The third-order valence-electron chi connectivity index (χ3n) is 8.41. The fourth-order valence-corrected chi connectivity index (χ4v) is 6.80. The van der Waals surface area contributed by atoms with Crippen LogP contribution in [-0.2, 0) is 38.7 Å². The Labute approximate surface area is 259 Å². The second-order valence-corrected chi connectivity index (χ2v) is 14.4. The number of nitrogens with zero attached hydrogens (tertiary/aromatic N) is 1. The number of hydrogen-bond donors (Lipinski definition) is 3. The van der Waals surface area contributed by atoms with E-state index in [-0.39, 0.29) is 40.7 Å². The number of rotatable bonds is 8. The van der Waals surface area contributed by atoms with Crippen molar-refractivity contribution in [3.8, 4) is 11.5 Å². The van der Waals surface area contributed by atoms with E-state index in [2.05, 4.69) is 14.8 Å². The number of aliphatic hydroxyl groups excluding tert-OH is 1. The number of hydrogen-bond acceptors (Lipinski definition) is 6. The van der Waals surface area contributed by atoms with E-state index in [9.17, 15) is 31.7 Å². The van der Waals surface area contributed by atoms with E-state index in [1.165, 1.54) is 18.2 Å². The molecule has 0 radical (unpaired) electrons. The monoisotopic (exact) mass is 640 g/mol. The molecule has 3 aromatic carbocycles. The summed E-state index contributed by atoms with van der Waals surface area (Å²) in [7, 11) is -4.46. The highest BCUT2D eigenvalue weighted by Crippen LogP contribution is 2.52. The number of fused-ring (bicyclic) bond motifs is 2. The van der Waals surface area contributed by atoms with Gasteiger partial charge in [-0.05, 0) is 73.4 Å². The largest absolute Gasteiger partial charge is 0.586 e. The summed E-state index contributed by atoms with van der Waals surface area (Å²) >= 11 is 0. The smallest absolute Gasteiger partial charge is 0.395 e. The Hall–Kier alpha value is -4.00. The summed E-state index contributed by atoms with van der Waals surface area (Å²) in [5, 5.41) is 15.0. The molecular formula is C33H34F2N2O7S. The average molecular weight is 641 g/mol. The van der Waals surface area contributed by atoms with Crippen molar-refractivity contribution in [2.45, 2.75) is 81.6 Å². The van der Waals surface area contributed by atoms with Crippen molar-refractivity contribution in [1.29, 1.82) is 0 Å². The van der Waals surface area contributed by atoms with Crippen LogP contribution in [0.25, 0.3) is 10.9 Å². The molecule has 0 bridgehead atoms. The molecule has 1 saturated carbocycles. The van der Waals surface area contributed by atoms with Gasteiger partial charge in [0.25, 0.3) is 10.1 Å². The summed E-state index contributed by atoms with van der Waals surface area (Å²) in [6.45, 7) is 8.09. The van der Waals surface area contributed by atoms with Crippen molar-refractivity contribution >= 4 is 32.6 Å². The SMILES string of the molecule is Cc1ccc(S(=O)(=O)O)c(C[C@@H](O)Cn2c(C(C)(C)C)cc3cc(NC(=O)C4(c5ccc6c(c5)OC(F)(F)O6)CC4)ccc32)c1. The lowest BCUT2D eigenvalue weighted by Gasteiger charge is -2.24. The zero-order valence-corrected chi connectivity index (χ0v) is 26.0. The van der Waals surface area contributed by atoms with E-state index in [1.54, 1.807) is 31.2 Å². The van der Waals surface area contributed by atoms with Crippen molar-refractivity contribution in [3.63, 3.8) is 0 Å². The van der Waals surface area contributed by atoms with Crippen molar-refractivity contribution in [3.05, 3.63) is 83.0 Å². The topological polar surface area (TPSA) is 127 Å². The highest BCUT2D eigenvalue weighted by molar-refractivity contribution is 7.85. The maximum Gasteiger partial charge on any atom is 0.586 e. The first-order chi connectivity index (χ1) is 20.9. The first-order valence-electron chi connectivity index (χ1n) is 14.6. The van der Waals surface area contributed by atoms with E-state index >= 15 is 0 Å². The minimum Gasteiger partial charge on any atom is -0.395 e. The zero-order valence-electron chi connectivity index (χ0n) is 25.2. The van der Waals surface area contributed by atoms with Gasteiger partial charge in [0.05, 0.1) is 16.4 Å². The molecule has 238 valence electrons. The van der Waals surface area contributed by atoms with Crippen molar-refractivity contribution in [2.24, 2.45) is 0 Å². The predicted molar refractivity (Wildman–Crippen MR) is 164 cm³/mol. The third-order valence-corrected chi connectivity index (χ3v) is 9.36. The molecule has 6 rings (SSSR count). The zero-order chi connectivity index (χ0) is 32.5. The van der Waals surface area contributed by atoms with E-state index in [1.807, 2.05) is 43.5 Å². The van der Waals surface area contributed by atoms with Crippen LogP contribution >= 0.6 is 0 Å². The van der Waals surface area contributed by atoms with Crippen LogP contribution in [0.2, 0.25) is 0 Å². The summed E-state index contributed by atoms with van der Waals surface area (Å²) in [5.41, 5.74) is 2.81. The maximum atomic E-state index is 13.5. The van der Waals surface area contributed by atoms with Crippen LogP contribution in [0.4, 0.5) is 14.5 Å². The Morgan fingerprint density at radius 2 is 1.73 bits per heavy atom. The van der Waals surface area contributed by atoms with Crippen molar-refractivity contribution in [2.75, 3.05) is 5.32 Å². The van der Waals surface area contributed by atoms with Crippen LogP contribution in [0.5, 0.6) is 11.5 Å². The Morgan fingerprint density at radius 1 is 1.02 bits per heavy atom. The Bertz CT molecular complexity index is 1940. The van der Waals surface area contributed by atoms with E-state index < -0.39 is 27.9 Å². The van der Waals surface area contributed by atoms with Gasteiger partial charge < -0.3 is 24.5 Å². The molecule has 9 nitrogen and oxygen atoms in total. The molecule has 1 aliphatic heterocycles. The van der Waals surface area contributed by atoms with E-state index in [0.717, 1.165) is 22.2 Å². The van der Waals surface area contributed by atoms with Gasteiger partial charge in [0.15, 0.2) is 11.5 Å². The lowest BCUT2D eigenvalue weighted by atomic mass is 9.92. The van der Waals surface area contributed by atoms with Crippen LogP contribution in [0.1, 0.15) is 56.0 Å². The van der Waals surface area contributed by atoms with Crippen LogP contribution < -0.4 is 14.8 Å². The van der Waals surface area contributed by atoms with Crippen LogP contribution in [0, 0.1) is 6.92 Å². The number of nitrogens with one attached hydrogen (secondary N) is 1. The van der Waals surface area contributed by atoms with E-state index in [4.69, 9.17) is 0 Å². The first kappa shape index (κ1) is 31.0. The second-order valence-electron chi connectivity index (χ2n) is 13.0. The number of ether oxygens (including phenoxy) is 2. The van der Waals surface area contributed by atoms with Crippen molar-refractivity contribution < 1.29 is 41.1 Å². The van der Waals surface area contributed by atoms with Gasteiger partial charge in [-0.25, -0.2) is 0 Å². The van der Waals surface area contributed by atoms with Gasteiger partial charge in [-0.1, -0.05) is 44.5 Å². The summed E-state index contributed by atoms with van der Waals surface area (Å²) in [6.07, 6.45) is -3.59. The maximum absolute atomic E-state index is 13.5. The number of anilines is 1. The number of aliphatic hydroxyl groups is 1. The molecule has 4 aromatic rings. The molecule has 12 heteroatoms. The number of halogens is 2. The standard InChI is InChI=1S/C33H34F2N2O7S/c1-19-5-10-28(45(40,41)42)21(13-19)15-24(38)18-37-25-8-7-23(14-20(25)16-29(37)31(2,3)4)36-30(39)32(11-12-32)22-6-9-26-27(17-22)44-33(34,35)43-26/h5-10,13-14,16-17,24,38H,11-12,15,18H2,1-4H3,(H,36,39)(H,40,41,42)/t24-/m1/s1. The summed E-state index contributed by atoms with van der Waals surface area (Å²) in [5.74, 6) is -0.438. The molecule has 1 atom stereocenters. The minimum atomic E-state index is -4.46. The molecule has 1 aliphatic carbocycles. The Balaban J connectivity index is 1.25. The fourth-order valence-electron chi connectivity index (χ4n) is 6.08. The highest BCUT2D eigenvalue weighted by atomic mass is 32.2. The van der Waals surface area contributed by atoms with E-state index in [0.29, 0.717) is 29.7 Å². The summed E-state index contributed by atoms with van der Waals surface area (Å²) < 4.78 is 71.7. The molecule has 2 heterocycles. The number of benzene rings is 3. The molecule has 1 aromatic heterocycles. The fraction of sp³-hybridized carbons (Fsp3) is 0.364. The normalized spacial score (nSPS) is 17.3. The lowest BCUT2D eigenvalue weighted by Crippen LogP contribution is -2.28. The molecule has 0 spiro atoms. The molecule has 3 N–H and O–H groups in total. The van der Waals surface area contributed by atoms with Crippen molar-refractivity contribution in [1.82, 2.24) is 4.57 Å². The predicted octanol–water partition coefficient (Wildman–Crippen LogP) is 6.09. The van der Waals surface area contributed by atoms with Crippen LogP contribution in [0.15, 0.2) is 65.6 Å². The number of carbonyl (C=O) groups excluding carboxylic acids is 1. The Morgan fingerprint density at radius 3 is 2.40 bits per heavy atom. The lowest BCUT2D eigenvalue weighted by molar-refractivity contribution is -0.286. The highest BCUT2D eigenvalue weighted by Gasteiger charge is 2.52. The molecule has 1 amide bonds. The molecule has 45 heavy (non-hydrogen) atoms. The third kappa shape index (κ3) is 6.01. The van der Waals surface area contributed by atoms with Gasteiger partial charge in [-0.2, -0.15) is 8.42 Å². The average Bonchev–Trinajstić information content (AvgIpc) is 3.56. The van der Waals surface area contributed by atoms with Gasteiger partial charge >= 0.3 is 6.29 Å². The number of aryl methyl sites for hydroxylation is 1. The van der Waals surface area contributed by atoms with Gasteiger partial charge in [0, 0.05) is 40.7 Å². The number of alkyl halides is 2. The number of carbonyl (C=O) groups is 1. The summed E-state index contributed by atoms with van der Waals surface area (Å²) in [4.78, 5) is 13.3. The number of amides is 1. The Kier molecular flexibility index (Phi) is 7.26. The quantitative estimate of drug-likeness (QED) is 0.199. The number of aromatic nitrogens is 1. The molecular weight excluding hydrogens is 606 g/mol. The first-order valence-corrected chi connectivity index (χ1v) is 16.0. The van der Waals surface area contributed by atoms with Crippen LogP contribution in [0.3, 0.4) is 0 Å². The van der Waals surface area contributed by atoms with Gasteiger partial charge in [-0.15, -0.1) is 8.78 Å². The van der Waals surface area contributed by atoms with Gasteiger partial charge in [0.2, 0.25) is 5.91 Å². The molecule has 0 saturated heterocycles. The molecule has 0 unspecified atom stereocenters. The minimum absolute atomic E-state index is 0.00772. The second kappa shape index (κ2) is 10.5. The summed E-state index contributed by atoms with van der Waals surface area (Å²) in [6, 6.07) is 16.5. The molecule has 2 aliphatic rings.